The third-order valence-electron chi connectivity index (χ3n) is 4.12. The summed E-state index contributed by atoms with van der Waals surface area (Å²) < 4.78 is 1.30. The van der Waals surface area contributed by atoms with Crippen LogP contribution in [0.3, 0.4) is 0 Å². The van der Waals surface area contributed by atoms with Crippen molar-refractivity contribution in [2.24, 2.45) is 5.92 Å². The molecule has 1 aromatic heterocycles. The van der Waals surface area contributed by atoms with Crippen LogP contribution in [-0.4, -0.2) is 9.55 Å². The standard InChI is InChI=1S/C16H17ClN2O2/c17-14-13(12-8-2-1-3-9-12)15(20)19(16(21)18-14)10-11-6-4-5-7-11/h1-3,8-9,11H,4-7,10H2,(H,18,21). The van der Waals surface area contributed by atoms with Crippen molar-refractivity contribution in [1.82, 2.24) is 9.55 Å². The Kier molecular flexibility index (Phi) is 3.97. The van der Waals surface area contributed by atoms with E-state index < -0.39 is 5.69 Å². The highest BCUT2D eigenvalue weighted by Gasteiger charge is 2.20. The van der Waals surface area contributed by atoms with E-state index in [1.165, 1.54) is 17.4 Å². The Morgan fingerprint density at radius 1 is 1.14 bits per heavy atom. The summed E-state index contributed by atoms with van der Waals surface area (Å²) in [4.78, 5) is 27.3. The lowest BCUT2D eigenvalue weighted by molar-refractivity contribution is 0.437. The van der Waals surface area contributed by atoms with E-state index in [2.05, 4.69) is 4.98 Å². The molecule has 1 saturated carbocycles. The zero-order chi connectivity index (χ0) is 14.8. The smallest absolute Gasteiger partial charge is 0.297 e. The molecule has 1 aliphatic rings. The van der Waals surface area contributed by atoms with Crippen molar-refractivity contribution in [1.29, 1.82) is 0 Å². The first-order valence-corrected chi connectivity index (χ1v) is 7.62. The minimum absolute atomic E-state index is 0.110. The van der Waals surface area contributed by atoms with Crippen molar-refractivity contribution in [2.45, 2.75) is 32.2 Å². The molecule has 21 heavy (non-hydrogen) atoms. The van der Waals surface area contributed by atoms with Gasteiger partial charge in [0.25, 0.3) is 5.56 Å². The van der Waals surface area contributed by atoms with Crippen molar-refractivity contribution in [3.8, 4) is 11.1 Å². The average molecular weight is 305 g/mol. The number of rotatable bonds is 3. The van der Waals surface area contributed by atoms with Crippen molar-refractivity contribution >= 4 is 11.6 Å². The van der Waals surface area contributed by atoms with Crippen LogP contribution < -0.4 is 11.2 Å². The Labute approximate surface area is 127 Å². The van der Waals surface area contributed by atoms with E-state index in [1.54, 1.807) is 0 Å². The van der Waals surface area contributed by atoms with Crippen LogP contribution in [0.15, 0.2) is 39.9 Å². The van der Waals surface area contributed by atoms with Crippen LogP contribution in [0.4, 0.5) is 0 Å². The second-order valence-corrected chi connectivity index (χ2v) is 5.93. The molecular weight excluding hydrogens is 288 g/mol. The molecule has 4 nitrogen and oxygen atoms in total. The van der Waals surface area contributed by atoms with Gasteiger partial charge in [-0.15, -0.1) is 0 Å². The van der Waals surface area contributed by atoms with E-state index in [4.69, 9.17) is 11.6 Å². The van der Waals surface area contributed by atoms with Crippen molar-refractivity contribution in [2.75, 3.05) is 0 Å². The quantitative estimate of drug-likeness (QED) is 0.886. The number of hydrogen-bond acceptors (Lipinski definition) is 2. The molecule has 1 N–H and O–H groups in total. The molecule has 5 heteroatoms. The number of nitrogens with one attached hydrogen (secondary N) is 1. The molecule has 0 amide bonds. The van der Waals surface area contributed by atoms with Crippen LogP contribution in [0, 0.1) is 5.92 Å². The number of hydrogen-bond donors (Lipinski definition) is 1. The van der Waals surface area contributed by atoms with Gasteiger partial charge in [0.2, 0.25) is 0 Å². The summed E-state index contributed by atoms with van der Waals surface area (Å²) in [5.41, 5.74) is 0.372. The van der Waals surface area contributed by atoms with Crippen LogP contribution in [0.5, 0.6) is 0 Å². The molecule has 0 aliphatic heterocycles. The van der Waals surface area contributed by atoms with E-state index >= 15 is 0 Å². The lowest BCUT2D eigenvalue weighted by Gasteiger charge is -2.13. The molecule has 0 spiro atoms. The normalized spacial score (nSPS) is 15.5. The minimum Gasteiger partial charge on any atom is -0.297 e. The number of benzene rings is 1. The van der Waals surface area contributed by atoms with Gasteiger partial charge in [0, 0.05) is 6.54 Å². The van der Waals surface area contributed by atoms with E-state index in [0.29, 0.717) is 18.0 Å². The molecule has 1 fully saturated rings. The maximum Gasteiger partial charge on any atom is 0.329 e. The monoisotopic (exact) mass is 304 g/mol. The fraction of sp³-hybridized carbons (Fsp3) is 0.375. The minimum atomic E-state index is -0.420. The summed E-state index contributed by atoms with van der Waals surface area (Å²) in [6.07, 6.45) is 4.51. The summed E-state index contributed by atoms with van der Waals surface area (Å²) in [6.45, 7) is 0.477. The Hall–Kier alpha value is -1.81. The largest absolute Gasteiger partial charge is 0.329 e. The van der Waals surface area contributed by atoms with Gasteiger partial charge in [-0.2, -0.15) is 0 Å². The number of H-pyrrole nitrogens is 1. The van der Waals surface area contributed by atoms with Crippen LogP contribution in [0.1, 0.15) is 25.7 Å². The summed E-state index contributed by atoms with van der Waals surface area (Å²) >= 11 is 6.09. The fourth-order valence-electron chi connectivity index (χ4n) is 3.02. The van der Waals surface area contributed by atoms with E-state index in [-0.39, 0.29) is 10.7 Å². The van der Waals surface area contributed by atoms with E-state index in [0.717, 1.165) is 18.4 Å². The van der Waals surface area contributed by atoms with Gasteiger partial charge in [-0.05, 0) is 24.3 Å². The lowest BCUT2D eigenvalue weighted by Crippen LogP contribution is -2.37. The number of aromatic nitrogens is 2. The van der Waals surface area contributed by atoms with E-state index in [9.17, 15) is 9.59 Å². The first-order valence-electron chi connectivity index (χ1n) is 7.25. The summed E-state index contributed by atoms with van der Waals surface area (Å²) in [5, 5.41) is 0.110. The molecule has 0 bridgehead atoms. The predicted molar refractivity (Wildman–Crippen MR) is 83.7 cm³/mol. The number of halogens is 1. The third kappa shape index (κ3) is 2.81. The molecule has 0 saturated heterocycles. The maximum absolute atomic E-state index is 12.7. The first-order chi connectivity index (χ1) is 10.2. The zero-order valence-electron chi connectivity index (χ0n) is 11.6. The number of aromatic amines is 1. The van der Waals surface area contributed by atoms with Gasteiger partial charge < -0.3 is 0 Å². The number of nitrogens with zero attached hydrogens (tertiary/aromatic N) is 1. The summed E-state index contributed by atoms with van der Waals surface area (Å²) in [6, 6.07) is 9.21. The average Bonchev–Trinajstić information content (AvgIpc) is 2.97. The van der Waals surface area contributed by atoms with Gasteiger partial charge >= 0.3 is 5.69 Å². The topological polar surface area (TPSA) is 54.9 Å². The van der Waals surface area contributed by atoms with Crippen LogP contribution in [0.25, 0.3) is 11.1 Å². The van der Waals surface area contributed by atoms with Crippen molar-refractivity contribution in [3.05, 3.63) is 56.3 Å². The Balaban J connectivity index is 2.09. The first kappa shape index (κ1) is 14.1. The molecular formula is C16H17ClN2O2. The molecule has 110 valence electrons. The summed E-state index contributed by atoms with van der Waals surface area (Å²) in [7, 11) is 0. The molecule has 0 radical (unpaired) electrons. The second kappa shape index (κ2) is 5.90. The highest BCUT2D eigenvalue weighted by molar-refractivity contribution is 6.32. The molecule has 1 heterocycles. The Bertz CT molecular complexity index is 743. The molecule has 1 aliphatic carbocycles. The molecule has 2 aromatic rings. The lowest BCUT2D eigenvalue weighted by atomic mass is 10.1. The SMILES string of the molecule is O=c1[nH]c(Cl)c(-c2ccccc2)c(=O)n1CC1CCCC1. The van der Waals surface area contributed by atoms with Crippen LogP contribution >= 0.6 is 11.6 Å². The third-order valence-corrected chi connectivity index (χ3v) is 4.40. The van der Waals surface area contributed by atoms with Crippen LogP contribution in [0.2, 0.25) is 5.15 Å². The molecule has 0 atom stereocenters. The van der Waals surface area contributed by atoms with Gasteiger partial charge in [-0.1, -0.05) is 54.8 Å². The second-order valence-electron chi connectivity index (χ2n) is 5.55. The molecule has 3 rings (SSSR count). The summed E-state index contributed by atoms with van der Waals surface area (Å²) in [5.74, 6) is 0.411. The van der Waals surface area contributed by atoms with Crippen LogP contribution in [-0.2, 0) is 6.54 Å². The van der Waals surface area contributed by atoms with E-state index in [1.807, 2.05) is 30.3 Å². The Morgan fingerprint density at radius 3 is 2.48 bits per heavy atom. The van der Waals surface area contributed by atoms with Gasteiger partial charge in [0.1, 0.15) is 5.15 Å². The highest BCUT2D eigenvalue weighted by Crippen LogP contribution is 2.26. The van der Waals surface area contributed by atoms with Crippen molar-refractivity contribution < 1.29 is 0 Å². The van der Waals surface area contributed by atoms with Gasteiger partial charge in [-0.25, -0.2) is 4.79 Å². The van der Waals surface area contributed by atoms with Crippen molar-refractivity contribution in [3.63, 3.8) is 0 Å². The molecule has 0 unspecified atom stereocenters. The zero-order valence-corrected chi connectivity index (χ0v) is 12.4. The van der Waals surface area contributed by atoms with Gasteiger partial charge in [0.15, 0.2) is 0 Å². The highest BCUT2D eigenvalue weighted by atomic mass is 35.5. The molecule has 1 aromatic carbocycles. The fourth-order valence-corrected chi connectivity index (χ4v) is 3.29. The maximum atomic E-state index is 12.7. The van der Waals surface area contributed by atoms with Gasteiger partial charge in [0.05, 0.1) is 5.56 Å². The predicted octanol–water partition coefficient (Wildman–Crippen LogP) is 3.05. The Morgan fingerprint density at radius 2 is 1.81 bits per heavy atom. The van der Waals surface area contributed by atoms with Gasteiger partial charge in [-0.3, -0.25) is 14.3 Å².